The van der Waals surface area contributed by atoms with E-state index in [1.807, 2.05) is 18.2 Å². The number of amides is 1. The molecule has 2 aromatic rings. The van der Waals surface area contributed by atoms with E-state index in [2.05, 4.69) is 11.1 Å². The number of benzene rings is 1. The van der Waals surface area contributed by atoms with E-state index in [0.29, 0.717) is 18.7 Å². The largest absolute Gasteiger partial charge is 0.454 e. The second kappa shape index (κ2) is 7.75. The molecule has 1 aromatic heterocycles. The first kappa shape index (κ1) is 17.5. The molecule has 1 fully saturated rings. The van der Waals surface area contributed by atoms with Crippen molar-refractivity contribution in [2.45, 2.75) is 44.6 Å². The lowest BCUT2D eigenvalue weighted by molar-refractivity contribution is 0.0625. The van der Waals surface area contributed by atoms with Gasteiger partial charge in [-0.15, -0.1) is 6.42 Å². The Hall–Kier alpha value is -2.94. The summed E-state index contributed by atoms with van der Waals surface area (Å²) in [5, 5.41) is 4.07. The van der Waals surface area contributed by atoms with Crippen LogP contribution in [0.3, 0.4) is 0 Å². The van der Waals surface area contributed by atoms with Gasteiger partial charge in [0.2, 0.25) is 12.6 Å². The van der Waals surface area contributed by atoms with E-state index in [0.717, 1.165) is 42.7 Å². The number of carbonyl (C=O) groups is 1. The average molecular weight is 366 g/mol. The molecule has 6 nitrogen and oxygen atoms in total. The smallest absolute Gasteiger partial charge is 0.293 e. The monoisotopic (exact) mass is 366 g/mol. The van der Waals surface area contributed by atoms with Crippen LogP contribution in [0.2, 0.25) is 0 Å². The summed E-state index contributed by atoms with van der Waals surface area (Å²) in [6.45, 7) is 0.537. The number of rotatable bonds is 5. The van der Waals surface area contributed by atoms with Gasteiger partial charge in [0.1, 0.15) is 0 Å². The molecule has 1 saturated carbocycles. The van der Waals surface area contributed by atoms with Crippen LogP contribution in [-0.2, 0) is 6.42 Å². The molecule has 6 heteroatoms. The highest BCUT2D eigenvalue weighted by molar-refractivity contribution is 5.92. The van der Waals surface area contributed by atoms with E-state index >= 15 is 0 Å². The first-order valence-electron chi connectivity index (χ1n) is 9.33. The summed E-state index contributed by atoms with van der Waals surface area (Å²) in [5.74, 6) is 4.14. The van der Waals surface area contributed by atoms with E-state index in [-0.39, 0.29) is 24.5 Å². The van der Waals surface area contributed by atoms with Crippen LogP contribution in [0.15, 0.2) is 28.8 Å². The summed E-state index contributed by atoms with van der Waals surface area (Å²) in [5.41, 5.74) is 1.71. The highest BCUT2D eigenvalue weighted by Gasteiger charge is 2.28. The molecule has 1 aliphatic heterocycles. The Morgan fingerprint density at radius 1 is 1.19 bits per heavy atom. The number of nitrogens with zero attached hydrogens (tertiary/aromatic N) is 2. The zero-order valence-electron chi connectivity index (χ0n) is 15.1. The Labute approximate surface area is 158 Å². The van der Waals surface area contributed by atoms with Crippen LogP contribution in [0.1, 0.15) is 53.9 Å². The van der Waals surface area contributed by atoms with Gasteiger partial charge in [-0.05, 0) is 30.5 Å². The summed E-state index contributed by atoms with van der Waals surface area (Å²) in [4.78, 5) is 14.7. The maximum absolute atomic E-state index is 12.9. The lowest BCUT2D eigenvalue weighted by atomic mass is 9.94. The van der Waals surface area contributed by atoms with Crippen molar-refractivity contribution in [1.82, 2.24) is 10.1 Å². The minimum Gasteiger partial charge on any atom is -0.454 e. The SMILES string of the molecule is C#CCN(C(=O)c1cc(Cc2ccc3c(c2)OCO3)no1)C1CCCCC1. The number of fused-ring (bicyclic) bond motifs is 1. The summed E-state index contributed by atoms with van der Waals surface area (Å²) in [6, 6.07) is 7.65. The molecule has 0 atom stereocenters. The quantitative estimate of drug-likeness (QED) is 0.759. The number of terminal acetylenes is 1. The number of hydrogen-bond donors (Lipinski definition) is 0. The van der Waals surface area contributed by atoms with Crippen molar-refractivity contribution < 1.29 is 18.8 Å². The van der Waals surface area contributed by atoms with Crippen LogP contribution >= 0.6 is 0 Å². The maximum Gasteiger partial charge on any atom is 0.293 e. The molecule has 0 spiro atoms. The van der Waals surface area contributed by atoms with Crippen molar-refractivity contribution in [3.63, 3.8) is 0 Å². The van der Waals surface area contributed by atoms with E-state index in [9.17, 15) is 4.79 Å². The zero-order chi connectivity index (χ0) is 18.6. The molecule has 0 radical (unpaired) electrons. The summed E-state index contributed by atoms with van der Waals surface area (Å²) in [7, 11) is 0. The molecule has 4 rings (SSSR count). The van der Waals surface area contributed by atoms with Gasteiger partial charge in [-0.25, -0.2) is 0 Å². The molecule has 0 bridgehead atoms. The third kappa shape index (κ3) is 3.77. The standard InChI is InChI=1S/C21H22N2O4/c1-2-10-23(17-6-4-3-5-7-17)21(24)20-13-16(22-27-20)11-15-8-9-18-19(12-15)26-14-25-18/h1,8-9,12-13,17H,3-7,10-11,14H2. The molecule has 0 N–H and O–H groups in total. The minimum absolute atomic E-state index is 0.177. The van der Waals surface area contributed by atoms with Crippen LogP contribution < -0.4 is 9.47 Å². The number of aromatic nitrogens is 1. The van der Waals surface area contributed by atoms with Crippen molar-refractivity contribution in [3.8, 4) is 23.8 Å². The van der Waals surface area contributed by atoms with Crippen molar-refractivity contribution in [1.29, 1.82) is 0 Å². The summed E-state index contributed by atoms with van der Waals surface area (Å²) >= 11 is 0. The predicted octanol–water partition coefficient (Wildman–Crippen LogP) is 3.40. The van der Waals surface area contributed by atoms with E-state index in [4.69, 9.17) is 20.4 Å². The van der Waals surface area contributed by atoms with Gasteiger partial charge in [0.15, 0.2) is 11.5 Å². The van der Waals surface area contributed by atoms with E-state index < -0.39 is 0 Å². The molecule has 0 unspecified atom stereocenters. The van der Waals surface area contributed by atoms with Gasteiger partial charge in [0, 0.05) is 18.5 Å². The average Bonchev–Trinajstić information content (AvgIpc) is 3.35. The predicted molar refractivity (Wildman–Crippen MR) is 98.6 cm³/mol. The molecule has 1 aromatic carbocycles. The van der Waals surface area contributed by atoms with Crippen molar-refractivity contribution in [2.24, 2.45) is 0 Å². The molecule has 1 amide bonds. The first-order valence-corrected chi connectivity index (χ1v) is 9.33. The number of carbonyl (C=O) groups excluding carboxylic acids is 1. The fourth-order valence-electron chi connectivity index (χ4n) is 3.76. The lowest BCUT2D eigenvalue weighted by Gasteiger charge is -2.32. The maximum atomic E-state index is 12.9. The Morgan fingerprint density at radius 3 is 2.81 bits per heavy atom. The fraction of sp³-hybridized carbons (Fsp3) is 0.429. The molecule has 1 aliphatic carbocycles. The number of ether oxygens (including phenoxy) is 2. The number of hydrogen-bond acceptors (Lipinski definition) is 5. The van der Waals surface area contributed by atoms with Gasteiger partial charge in [-0.1, -0.05) is 36.4 Å². The second-order valence-electron chi connectivity index (χ2n) is 6.98. The van der Waals surface area contributed by atoms with Gasteiger partial charge in [-0.3, -0.25) is 4.79 Å². The third-order valence-corrected chi connectivity index (χ3v) is 5.13. The van der Waals surface area contributed by atoms with Crippen LogP contribution in [0, 0.1) is 12.3 Å². The lowest BCUT2D eigenvalue weighted by Crippen LogP contribution is -2.41. The first-order chi connectivity index (χ1) is 13.2. The normalized spacial score (nSPS) is 16.1. The second-order valence-corrected chi connectivity index (χ2v) is 6.98. The Morgan fingerprint density at radius 2 is 2.00 bits per heavy atom. The topological polar surface area (TPSA) is 64.8 Å². The van der Waals surface area contributed by atoms with Crippen molar-refractivity contribution in [2.75, 3.05) is 13.3 Å². The van der Waals surface area contributed by atoms with Gasteiger partial charge in [0.05, 0.1) is 12.2 Å². The molecule has 2 aliphatic rings. The van der Waals surface area contributed by atoms with Gasteiger partial charge in [-0.2, -0.15) is 0 Å². The molecule has 27 heavy (non-hydrogen) atoms. The van der Waals surface area contributed by atoms with Crippen LogP contribution in [-0.4, -0.2) is 35.3 Å². The molecular formula is C21H22N2O4. The Balaban J connectivity index is 1.47. The molecule has 2 heterocycles. The highest BCUT2D eigenvalue weighted by Crippen LogP contribution is 2.33. The summed E-state index contributed by atoms with van der Waals surface area (Å²) in [6.07, 6.45) is 11.5. The van der Waals surface area contributed by atoms with E-state index in [1.54, 1.807) is 11.0 Å². The molecular weight excluding hydrogens is 344 g/mol. The highest BCUT2D eigenvalue weighted by atomic mass is 16.7. The van der Waals surface area contributed by atoms with Crippen LogP contribution in [0.5, 0.6) is 11.5 Å². The van der Waals surface area contributed by atoms with Crippen molar-refractivity contribution >= 4 is 5.91 Å². The summed E-state index contributed by atoms with van der Waals surface area (Å²) < 4.78 is 16.1. The van der Waals surface area contributed by atoms with Crippen LogP contribution in [0.25, 0.3) is 0 Å². The van der Waals surface area contributed by atoms with Gasteiger partial charge >= 0.3 is 0 Å². The van der Waals surface area contributed by atoms with Gasteiger partial charge in [0.25, 0.3) is 5.91 Å². The minimum atomic E-state index is -0.177. The van der Waals surface area contributed by atoms with Crippen LogP contribution in [0.4, 0.5) is 0 Å². The molecule has 140 valence electrons. The third-order valence-electron chi connectivity index (χ3n) is 5.13. The van der Waals surface area contributed by atoms with Crippen molar-refractivity contribution in [3.05, 3.63) is 41.3 Å². The fourth-order valence-corrected chi connectivity index (χ4v) is 3.76. The van der Waals surface area contributed by atoms with E-state index in [1.165, 1.54) is 6.42 Å². The Bertz CT molecular complexity index is 861. The molecule has 0 saturated heterocycles. The zero-order valence-corrected chi connectivity index (χ0v) is 15.1. The van der Waals surface area contributed by atoms with Gasteiger partial charge < -0.3 is 18.9 Å². The Kier molecular flexibility index (Phi) is 5.01.